The van der Waals surface area contributed by atoms with E-state index in [1.807, 2.05) is 30.3 Å². The number of amides is 1. The van der Waals surface area contributed by atoms with E-state index in [1.54, 1.807) is 45.3 Å². The summed E-state index contributed by atoms with van der Waals surface area (Å²) in [4.78, 5) is 25.7. The third kappa shape index (κ3) is 5.81. The summed E-state index contributed by atoms with van der Waals surface area (Å²) in [5.41, 5.74) is 1.00. The van der Waals surface area contributed by atoms with Gasteiger partial charge in [-0.25, -0.2) is 4.79 Å². The van der Waals surface area contributed by atoms with Gasteiger partial charge in [-0.05, 0) is 36.8 Å². The third-order valence-corrected chi connectivity index (χ3v) is 3.71. The molecule has 0 saturated carbocycles. The number of rotatable bonds is 8. The van der Waals surface area contributed by atoms with Crippen LogP contribution in [-0.2, 0) is 20.9 Å². The summed E-state index contributed by atoms with van der Waals surface area (Å²) in [6, 6.07) is 16.4. The van der Waals surface area contributed by atoms with Crippen molar-refractivity contribution in [3.8, 4) is 11.5 Å². The van der Waals surface area contributed by atoms with Crippen molar-refractivity contribution in [3.63, 3.8) is 0 Å². The molecule has 0 bridgehead atoms. The molecule has 2 rings (SSSR count). The Morgan fingerprint density at radius 1 is 1.00 bits per heavy atom. The molecule has 0 radical (unpaired) electrons. The Bertz CT molecular complexity index is 715. The average Bonchev–Trinajstić information content (AvgIpc) is 2.66. The van der Waals surface area contributed by atoms with E-state index in [0.717, 1.165) is 5.56 Å². The average molecular weight is 357 g/mol. The van der Waals surface area contributed by atoms with E-state index in [2.05, 4.69) is 0 Å². The van der Waals surface area contributed by atoms with Crippen LogP contribution in [0.1, 0.15) is 12.5 Å². The number of esters is 1. The highest BCUT2D eigenvalue weighted by Crippen LogP contribution is 2.17. The summed E-state index contributed by atoms with van der Waals surface area (Å²) in [6.07, 6.45) is -0.879. The zero-order chi connectivity index (χ0) is 18.9. The van der Waals surface area contributed by atoms with E-state index in [4.69, 9.17) is 14.2 Å². The molecule has 0 fully saturated rings. The Balaban J connectivity index is 1.78. The van der Waals surface area contributed by atoms with Gasteiger partial charge in [0.25, 0.3) is 5.91 Å². The van der Waals surface area contributed by atoms with Gasteiger partial charge in [-0.2, -0.15) is 0 Å². The van der Waals surface area contributed by atoms with Crippen molar-refractivity contribution in [1.29, 1.82) is 0 Å². The first-order chi connectivity index (χ1) is 12.5. The van der Waals surface area contributed by atoms with Crippen LogP contribution in [-0.4, -0.2) is 43.6 Å². The summed E-state index contributed by atoms with van der Waals surface area (Å²) < 4.78 is 15.6. The fraction of sp³-hybridized carbons (Fsp3) is 0.300. The number of methoxy groups -OCH3 is 1. The van der Waals surface area contributed by atoms with Crippen LogP contribution >= 0.6 is 0 Å². The van der Waals surface area contributed by atoms with E-state index >= 15 is 0 Å². The van der Waals surface area contributed by atoms with Crippen molar-refractivity contribution in [1.82, 2.24) is 4.90 Å². The lowest BCUT2D eigenvalue weighted by Crippen LogP contribution is -2.37. The smallest absolute Gasteiger partial charge is 0.344 e. The zero-order valence-electron chi connectivity index (χ0n) is 15.2. The quantitative estimate of drug-likeness (QED) is 0.680. The fourth-order valence-corrected chi connectivity index (χ4v) is 2.34. The minimum atomic E-state index is -0.879. The number of ether oxygens (including phenoxy) is 3. The highest BCUT2D eigenvalue weighted by molar-refractivity contribution is 5.83. The van der Waals surface area contributed by atoms with E-state index in [-0.39, 0.29) is 12.5 Å². The molecule has 0 aromatic heterocycles. The third-order valence-electron chi connectivity index (χ3n) is 3.71. The zero-order valence-corrected chi connectivity index (χ0v) is 15.2. The van der Waals surface area contributed by atoms with Gasteiger partial charge >= 0.3 is 5.97 Å². The standard InChI is InChI=1S/C20H23NO5/c1-15(20(23)21(2)13-16-7-5-4-6-8-16)26-19(22)14-25-18-11-9-17(24-3)10-12-18/h4-12,15H,13-14H2,1-3H3/t15-/m1/s1. The van der Waals surface area contributed by atoms with Crippen LogP contribution in [0.4, 0.5) is 0 Å². The second kappa shape index (κ2) is 9.46. The van der Waals surface area contributed by atoms with Crippen LogP contribution < -0.4 is 9.47 Å². The molecule has 0 aliphatic heterocycles. The van der Waals surface area contributed by atoms with Crippen LogP contribution in [0.2, 0.25) is 0 Å². The van der Waals surface area contributed by atoms with Crippen molar-refractivity contribution < 1.29 is 23.8 Å². The van der Waals surface area contributed by atoms with Gasteiger partial charge < -0.3 is 19.1 Å². The lowest BCUT2D eigenvalue weighted by molar-refractivity contribution is -0.160. The Morgan fingerprint density at radius 3 is 2.23 bits per heavy atom. The molecule has 1 amide bonds. The lowest BCUT2D eigenvalue weighted by atomic mass is 10.2. The number of benzene rings is 2. The Morgan fingerprint density at radius 2 is 1.62 bits per heavy atom. The molecular formula is C20H23NO5. The normalized spacial score (nSPS) is 11.3. The lowest BCUT2D eigenvalue weighted by Gasteiger charge is -2.21. The highest BCUT2D eigenvalue weighted by atomic mass is 16.6. The molecule has 0 aliphatic rings. The molecule has 2 aromatic carbocycles. The van der Waals surface area contributed by atoms with Gasteiger partial charge in [-0.1, -0.05) is 30.3 Å². The molecule has 0 spiro atoms. The second-order valence-corrected chi connectivity index (χ2v) is 5.78. The van der Waals surface area contributed by atoms with Crippen LogP contribution in [0.15, 0.2) is 54.6 Å². The van der Waals surface area contributed by atoms with Gasteiger partial charge in [0.1, 0.15) is 11.5 Å². The van der Waals surface area contributed by atoms with E-state index in [9.17, 15) is 9.59 Å². The maximum Gasteiger partial charge on any atom is 0.344 e. The Kier molecular flexibility index (Phi) is 7.02. The molecular weight excluding hydrogens is 334 g/mol. The van der Waals surface area contributed by atoms with Gasteiger partial charge in [-0.15, -0.1) is 0 Å². The van der Waals surface area contributed by atoms with Crippen LogP contribution in [0.5, 0.6) is 11.5 Å². The van der Waals surface area contributed by atoms with Gasteiger partial charge in [0.05, 0.1) is 7.11 Å². The first kappa shape index (κ1) is 19.3. The maximum absolute atomic E-state index is 12.3. The molecule has 0 saturated heterocycles. The van der Waals surface area contributed by atoms with E-state index < -0.39 is 12.1 Å². The molecule has 26 heavy (non-hydrogen) atoms. The van der Waals surface area contributed by atoms with Crippen molar-refractivity contribution in [2.75, 3.05) is 20.8 Å². The second-order valence-electron chi connectivity index (χ2n) is 5.78. The monoisotopic (exact) mass is 357 g/mol. The summed E-state index contributed by atoms with van der Waals surface area (Å²) in [7, 11) is 3.24. The van der Waals surface area contributed by atoms with E-state index in [0.29, 0.717) is 18.0 Å². The van der Waals surface area contributed by atoms with Crippen LogP contribution in [0, 0.1) is 0 Å². The highest BCUT2D eigenvalue weighted by Gasteiger charge is 2.21. The first-order valence-electron chi connectivity index (χ1n) is 8.25. The SMILES string of the molecule is COc1ccc(OCC(=O)O[C@H](C)C(=O)N(C)Cc2ccccc2)cc1. The molecule has 138 valence electrons. The minimum absolute atomic E-state index is 0.271. The van der Waals surface area contributed by atoms with Crippen molar-refractivity contribution in [3.05, 3.63) is 60.2 Å². The number of carbonyl (C=O) groups is 2. The number of nitrogens with zero attached hydrogens (tertiary/aromatic N) is 1. The topological polar surface area (TPSA) is 65.1 Å². The van der Waals surface area contributed by atoms with Crippen LogP contribution in [0.25, 0.3) is 0 Å². The number of likely N-dealkylation sites (N-methyl/N-ethyl adjacent to an activating group) is 1. The molecule has 1 atom stereocenters. The predicted molar refractivity (Wildman–Crippen MR) is 97.0 cm³/mol. The molecule has 0 aliphatic carbocycles. The first-order valence-corrected chi connectivity index (χ1v) is 8.25. The van der Waals surface area contributed by atoms with Crippen LogP contribution in [0.3, 0.4) is 0 Å². The molecule has 2 aromatic rings. The van der Waals surface area contributed by atoms with Gasteiger partial charge in [-0.3, -0.25) is 4.79 Å². The fourth-order valence-electron chi connectivity index (χ4n) is 2.34. The van der Waals surface area contributed by atoms with Crippen molar-refractivity contribution in [2.45, 2.75) is 19.6 Å². The predicted octanol–water partition coefficient (Wildman–Crippen LogP) is 2.66. The van der Waals surface area contributed by atoms with Crippen molar-refractivity contribution in [2.24, 2.45) is 0 Å². The van der Waals surface area contributed by atoms with Crippen molar-refractivity contribution >= 4 is 11.9 Å². The summed E-state index contributed by atoms with van der Waals surface area (Å²) in [5, 5.41) is 0. The largest absolute Gasteiger partial charge is 0.497 e. The summed E-state index contributed by atoms with van der Waals surface area (Å²) >= 11 is 0. The van der Waals surface area contributed by atoms with Gasteiger partial charge in [0, 0.05) is 13.6 Å². The molecule has 6 nitrogen and oxygen atoms in total. The Hall–Kier alpha value is -3.02. The minimum Gasteiger partial charge on any atom is -0.497 e. The molecule has 0 N–H and O–H groups in total. The number of hydrogen-bond donors (Lipinski definition) is 0. The van der Waals surface area contributed by atoms with Gasteiger partial charge in [0.15, 0.2) is 12.7 Å². The number of hydrogen-bond acceptors (Lipinski definition) is 5. The molecule has 6 heteroatoms. The Labute approximate surface area is 153 Å². The maximum atomic E-state index is 12.3. The number of carbonyl (C=O) groups excluding carboxylic acids is 2. The summed E-state index contributed by atoms with van der Waals surface area (Å²) in [5.74, 6) is 0.338. The molecule has 0 heterocycles. The van der Waals surface area contributed by atoms with Gasteiger partial charge in [0.2, 0.25) is 0 Å². The summed E-state index contributed by atoms with van der Waals surface area (Å²) in [6.45, 7) is 1.73. The molecule has 0 unspecified atom stereocenters. The van der Waals surface area contributed by atoms with E-state index in [1.165, 1.54) is 4.90 Å².